The highest BCUT2D eigenvalue weighted by molar-refractivity contribution is 5.85. The standard InChI is InChI=1S/C16H25F2N3O3/c1-14(7-16(17,18)8-14)9-20-13(23)21-5-11-6-24-4-3-15(11,10-21)12(22)19-2/h11H,3-10H2,1-2H3,(H,19,22)(H,20,23)/t11-,15+/m0/s1. The minimum Gasteiger partial charge on any atom is -0.381 e. The third-order valence-electron chi connectivity index (χ3n) is 5.71. The van der Waals surface area contributed by atoms with Crippen LogP contribution < -0.4 is 10.6 Å². The Morgan fingerprint density at radius 3 is 2.67 bits per heavy atom. The van der Waals surface area contributed by atoms with Crippen LogP contribution in [-0.4, -0.2) is 62.7 Å². The van der Waals surface area contributed by atoms with Crippen molar-refractivity contribution in [3.63, 3.8) is 0 Å². The monoisotopic (exact) mass is 345 g/mol. The number of carbonyl (C=O) groups excluding carboxylic acids is 2. The van der Waals surface area contributed by atoms with Crippen LogP contribution in [0.5, 0.6) is 0 Å². The molecule has 1 saturated carbocycles. The summed E-state index contributed by atoms with van der Waals surface area (Å²) in [6.45, 7) is 3.75. The molecule has 2 aliphatic heterocycles. The molecule has 0 aromatic heterocycles. The highest BCUT2D eigenvalue weighted by Gasteiger charge is 2.55. The van der Waals surface area contributed by atoms with E-state index in [1.54, 1.807) is 18.9 Å². The molecule has 0 unspecified atom stereocenters. The normalized spacial score (nSPS) is 33.3. The average Bonchev–Trinajstić information content (AvgIpc) is 2.90. The zero-order chi connectivity index (χ0) is 17.6. The Kier molecular flexibility index (Phi) is 4.22. The van der Waals surface area contributed by atoms with Crippen molar-refractivity contribution in [1.29, 1.82) is 0 Å². The molecule has 3 aliphatic rings. The maximum atomic E-state index is 13.1. The lowest BCUT2D eigenvalue weighted by molar-refractivity contribution is -0.151. The van der Waals surface area contributed by atoms with Gasteiger partial charge in [0.25, 0.3) is 0 Å². The number of hydrogen-bond donors (Lipinski definition) is 2. The van der Waals surface area contributed by atoms with Crippen LogP contribution in [0.15, 0.2) is 0 Å². The summed E-state index contributed by atoms with van der Waals surface area (Å²) in [6.07, 6.45) is 0.197. The van der Waals surface area contributed by atoms with Crippen LogP contribution >= 0.6 is 0 Å². The van der Waals surface area contributed by atoms with Gasteiger partial charge in [-0.2, -0.15) is 0 Å². The number of rotatable bonds is 3. The van der Waals surface area contributed by atoms with Crippen molar-refractivity contribution < 1.29 is 23.1 Å². The van der Waals surface area contributed by atoms with Crippen molar-refractivity contribution in [2.45, 2.75) is 32.1 Å². The first-order valence-electron chi connectivity index (χ1n) is 8.40. The van der Waals surface area contributed by atoms with Gasteiger partial charge < -0.3 is 20.3 Å². The Morgan fingerprint density at radius 1 is 1.33 bits per heavy atom. The van der Waals surface area contributed by atoms with Crippen LogP contribution in [0.1, 0.15) is 26.2 Å². The fraction of sp³-hybridized carbons (Fsp3) is 0.875. The number of likely N-dealkylation sites (tertiary alicyclic amines) is 1. The van der Waals surface area contributed by atoms with E-state index in [9.17, 15) is 18.4 Å². The highest BCUT2D eigenvalue weighted by Crippen LogP contribution is 2.51. The smallest absolute Gasteiger partial charge is 0.317 e. The molecule has 2 atom stereocenters. The maximum absolute atomic E-state index is 13.1. The fourth-order valence-corrected chi connectivity index (χ4v) is 4.45. The summed E-state index contributed by atoms with van der Waals surface area (Å²) in [5.74, 6) is -2.69. The Morgan fingerprint density at radius 2 is 2.04 bits per heavy atom. The number of nitrogens with one attached hydrogen (secondary N) is 2. The molecule has 2 saturated heterocycles. The van der Waals surface area contributed by atoms with E-state index < -0.39 is 16.8 Å². The van der Waals surface area contributed by atoms with Crippen molar-refractivity contribution >= 4 is 11.9 Å². The zero-order valence-corrected chi connectivity index (χ0v) is 14.2. The summed E-state index contributed by atoms with van der Waals surface area (Å²) < 4.78 is 31.6. The molecule has 6 nitrogen and oxygen atoms in total. The second kappa shape index (κ2) is 5.82. The summed E-state index contributed by atoms with van der Waals surface area (Å²) in [7, 11) is 1.60. The number of ether oxygens (including phenoxy) is 1. The molecule has 0 radical (unpaired) electrons. The van der Waals surface area contributed by atoms with Crippen LogP contribution in [0.3, 0.4) is 0 Å². The summed E-state index contributed by atoms with van der Waals surface area (Å²) in [5, 5.41) is 5.47. The summed E-state index contributed by atoms with van der Waals surface area (Å²) in [5.41, 5.74) is -1.15. The van der Waals surface area contributed by atoms with Gasteiger partial charge in [0.2, 0.25) is 11.8 Å². The number of amides is 3. The first kappa shape index (κ1) is 17.4. The van der Waals surface area contributed by atoms with Gasteiger partial charge in [0.05, 0.1) is 12.0 Å². The van der Waals surface area contributed by atoms with Crippen molar-refractivity contribution in [2.75, 3.05) is 39.9 Å². The SMILES string of the molecule is CNC(=O)[C@@]12CCOC[C@@H]1CN(C(=O)NCC1(C)CC(F)(F)C1)C2. The molecule has 24 heavy (non-hydrogen) atoms. The van der Waals surface area contributed by atoms with E-state index in [4.69, 9.17) is 4.74 Å². The van der Waals surface area contributed by atoms with Gasteiger partial charge in [-0.15, -0.1) is 0 Å². The lowest BCUT2D eigenvalue weighted by Gasteiger charge is -2.45. The molecular formula is C16H25F2N3O3. The minimum atomic E-state index is -2.61. The van der Waals surface area contributed by atoms with E-state index in [0.29, 0.717) is 32.7 Å². The van der Waals surface area contributed by atoms with E-state index in [2.05, 4.69) is 10.6 Å². The molecule has 2 heterocycles. The first-order chi connectivity index (χ1) is 11.2. The van der Waals surface area contributed by atoms with Gasteiger partial charge in [-0.05, 0) is 11.8 Å². The molecular weight excluding hydrogens is 320 g/mol. The number of carbonyl (C=O) groups is 2. The Hall–Kier alpha value is -1.44. The van der Waals surface area contributed by atoms with Crippen molar-refractivity contribution in [3.8, 4) is 0 Å². The molecule has 0 aromatic rings. The number of halogens is 2. The second-order valence-corrected chi connectivity index (χ2v) is 7.82. The van der Waals surface area contributed by atoms with Gasteiger partial charge in [-0.3, -0.25) is 4.79 Å². The lowest BCUT2D eigenvalue weighted by Crippen LogP contribution is -2.53. The molecule has 2 N–H and O–H groups in total. The van der Waals surface area contributed by atoms with Crippen LogP contribution in [0, 0.1) is 16.7 Å². The van der Waals surface area contributed by atoms with E-state index in [-0.39, 0.29) is 37.2 Å². The van der Waals surface area contributed by atoms with Gasteiger partial charge in [-0.25, -0.2) is 13.6 Å². The van der Waals surface area contributed by atoms with Crippen LogP contribution in [-0.2, 0) is 9.53 Å². The number of urea groups is 1. The quantitative estimate of drug-likeness (QED) is 0.808. The van der Waals surface area contributed by atoms with Crippen molar-refractivity contribution in [3.05, 3.63) is 0 Å². The number of fused-ring (bicyclic) bond motifs is 1. The molecule has 1 aliphatic carbocycles. The van der Waals surface area contributed by atoms with Crippen LogP contribution in [0.4, 0.5) is 13.6 Å². The third kappa shape index (κ3) is 2.96. The Bertz CT molecular complexity index is 535. The molecule has 0 bridgehead atoms. The molecule has 3 fully saturated rings. The summed E-state index contributed by atoms with van der Waals surface area (Å²) >= 11 is 0. The number of hydrogen-bond acceptors (Lipinski definition) is 3. The second-order valence-electron chi connectivity index (χ2n) is 7.82. The molecule has 0 aromatic carbocycles. The van der Waals surface area contributed by atoms with Gasteiger partial charge in [-0.1, -0.05) is 6.92 Å². The van der Waals surface area contributed by atoms with Crippen LogP contribution in [0.2, 0.25) is 0 Å². The molecule has 136 valence electrons. The van der Waals surface area contributed by atoms with Gasteiger partial charge in [0.1, 0.15) is 0 Å². The zero-order valence-electron chi connectivity index (χ0n) is 14.2. The molecule has 8 heteroatoms. The lowest BCUT2D eigenvalue weighted by atomic mass is 9.67. The average molecular weight is 345 g/mol. The molecule has 3 amide bonds. The van der Waals surface area contributed by atoms with E-state index >= 15 is 0 Å². The molecule has 0 spiro atoms. The van der Waals surface area contributed by atoms with Crippen LogP contribution in [0.25, 0.3) is 0 Å². The third-order valence-corrected chi connectivity index (χ3v) is 5.71. The van der Waals surface area contributed by atoms with Gasteiger partial charge in [0, 0.05) is 52.0 Å². The molecule has 3 rings (SSSR count). The number of nitrogens with zero attached hydrogens (tertiary/aromatic N) is 1. The van der Waals surface area contributed by atoms with E-state index in [1.165, 1.54) is 0 Å². The summed E-state index contributed by atoms with van der Waals surface area (Å²) in [6, 6.07) is -0.288. The van der Waals surface area contributed by atoms with Gasteiger partial charge >= 0.3 is 6.03 Å². The maximum Gasteiger partial charge on any atom is 0.317 e. The van der Waals surface area contributed by atoms with Crippen molar-refractivity contribution in [1.82, 2.24) is 15.5 Å². The van der Waals surface area contributed by atoms with Crippen molar-refractivity contribution in [2.24, 2.45) is 16.7 Å². The van der Waals surface area contributed by atoms with E-state index in [0.717, 1.165) is 0 Å². The largest absolute Gasteiger partial charge is 0.381 e. The fourth-order valence-electron chi connectivity index (χ4n) is 4.45. The van der Waals surface area contributed by atoms with E-state index in [1.807, 2.05) is 0 Å². The predicted octanol–water partition coefficient (Wildman–Crippen LogP) is 1.22. The topological polar surface area (TPSA) is 70.7 Å². The van der Waals surface area contributed by atoms with Gasteiger partial charge in [0.15, 0.2) is 0 Å². The summed E-state index contributed by atoms with van der Waals surface area (Å²) in [4.78, 5) is 26.4. The Labute approximate surface area is 140 Å². The predicted molar refractivity (Wildman–Crippen MR) is 82.7 cm³/mol. The minimum absolute atomic E-state index is 0.0272. The number of alkyl halides is 2. The first-order valence-corrected chi connectivity index (χ1v) is 8.40. The Balaban J connectivity index is 1.60. The highest BCUT2D eigenvalue weighted by atomic mass is 19.3.